The van der Waals surface area contributed by atoms with Crippen LogP contribution < -0.4 is 4.90 Å². The smallest absolute Gasteiger partial charge is 0.227 e. The lowest BCUT2D eigenvalue weighted by Gasteiger charge is -2.47. The van der Waals surface area contributed by atoms with Gasteiger partial charge in [0.2, 0.25) is 5.91 Å². The summed E-state index contributed by atoms with van der Waals surface area (Å²) < 4.78 is 0. The third-order valence-corrected chi connectivity index (χ3v) is 5.65. The number of likely N-dealkylation sites (tertiary alicyclic amines) is 1. The monoisotopic (exact) mass is 366 g/mol. The second-order valence-corrected chi connectivity index (χ2v) is 7.64. The van der Waals surface area contributed by atoms with Crippen LogP contribution in [0.3, 0.4) is 0 Å². The molecule has 0 spiro atoms. The molecule has 0 radical (unpaired) electrons. The number of hydrogen-bond acceptors (Lipinski definition) is 3. The predicted octanol–water partition coefficient (Wildman–Crippen LogP) is 4.02. The molecule has 1 unspecified atom stereocenters. The quantitative estimate of drug-likeness (QED) is 0.840. The summed E-state index contributed by atoms with van der Waals surface area (Å²) in [5.41, 5.74) is 1.74. The summed E-state index contributed by atoms with van der Waals surface area (Å²) in [6, 6.07) is 19.8. The fraction of sp³-hybridized carbons (Fsp3) is 0.435. The number of β-amino-alcohol motifs (C(OH)–C–C–N with tert-alkyl or cyclic N) is 1. The molecule has 1 N–H and O–H groups in total. The van der Waals surface area contributed by atoms with Crippen LogP contribution in [0.2, 0.25) is 0 Å². The maximum atomic E-state index is 12.7. The van der Waals surface area contributed by atoms with Crippen molar-refractivity contribution < 1.29 is 9.90 Å². The Morgan fingerprint density at radius 3 is 2.19 bits per heavy atom. The zero-order chi connectivity index (χ0) is 19.3. The molecule has 1 aliphatic rings. The fourth-order valence-corrected chi connectivity index (χ4v) is 3.96. The summed E-state index contributed by atoms with van der Waals surface area (Å²) in [4.78, 5) is 17.0. The Morgan fingerprint density at radius 1 is 1.07 bits per heavy atom. The number of benzene rings is 2. The second-order valence-electron chi connectivity index (χ2n) is 7.64. The van der Waals surface area contributed by atoms with Crippen LogP contribution in [0.5, 0.6) is 0 Å². The van der Waals surface area contributed by atoms with Crippen molar-refractivity contribution in [3.63, 3.8) is 0 Å². The summed E-state index contributed by atoms with van der Waals surface area (Å²) in [5.74, 6) is 0.168. The van der Waals surface area contributed by atoms with E-state index in [1.165, 1.54) is 0 Å². The van der Waals surface area contributed by atoms with E-state index in [9.17, 15) is 9.90 Å². The Bertz CT molecular complexity index is 725. The molecule has 4 nitrogen and oxygen atoms in total. The maximum absolute atomic E-state index is 12.7. The highest BCUT2D eigenvalue weighted by Crippen LogP contribution is 2.34. The number of rotatable bonds is 6. The summed E-state index contributed by atoms with van der Waals surface area (Å²) >= 11 is 0. The van der Waals surface area contributed by atoms with Crippen LogP contribution in [0.15, 0.2) is 60.7 Å². The Labute approximate surface area is 162 Å². The van der Waals surface area contributed by atoms with Crippen LogP contribution in [0.4, 0.5) is 5.69 Å². The van der Waals surface area contributed by atoms with Crippen molar-refractivity contribution in [1.29, 1.82) is 0 Å². The molecule has 0 bridgehead atoms. The Balaban J connectivity index is 1.67. The van der Waals surface area contributed by atoms with Crippen LogP contribution in [-0.2, 0) is 4.79 Å². The lowest BCUT2D eigenvalue weighted by molar-refractivity contribution is -0.119. The van der Waals surface area contributed by atoms with Gasteiger partial charge in [-0.2, -0.15) is 0 Å². The summed E-state index contributed by atoms with van der Waals surface area (Å²) in [7, 11) is 0. The number of carbonyl (C=O) groups excluding carboxylic acids is 1. The van der Waals surface area contributed by atoms with Crippen molar-refractivity contribution in [2.45, 2.75) is 44.8 Å². The molecule has 144 valence electrons. The van der Waals surface area contributed by atoms with Crippen LogP contribution in [0.1, 0.15) is 44.8 Å². The number of piperidine rings is 1. The first-order valence-corrected chi connectivity index (χ1v) is 9.87. The Morgan fingerprint density at radius 2 is 1.63 bits per heavy atom. The molecule has 1 saturated heterocycles. The van der Waals surface area contributed by atoms with Gasteiger partial charge in [0.05, 0.1) is 6.10 Å². The van der Waals surface area contributed by atoms with E-state index >= 15 is 0 Å². The first kappa shape index (κ1) is 19.6. The highest BCUT2D eigenvalue weighted by molar-refractivity contribution is 5.94. The third-order valence-electron chi connectivity index (χ3n) is 5.65. The van der Waals surface area contributed by atoms with Crippen molar-refractivity contribution in [2.24, 2.45) is 0 Å². The van der Waals surface area contributed by atoms with Gasteiger partial charge in [0.1, 0.15) is 0 Å². The van der Waals surface area contributed by atoms with E-state index in [4.69, 9.17) is 0 Å². The highest BCUT2D eigenvalue weighted by Gasteiger charge is 2.39. The number of nitrogens with zero attached hydrogens (tertiary/aromatic N) is 2. The molecule has 1 amide bonds. The van der Waals surface area contributed by atoms with Gasteiger partial charge in [0, 0.05) is 37.3 Å². The van der Waals surface area contributed by atoms with Crippen molar-refractivity contribution in [3.8, 4) is 0 Å². The molecule has 3 rings (SSSR count). The molecular formula is C23H30N2O2. The van der Waals surface area contributed by atoms with Crippen molar-refractivity contribution in [3.05, 3.63) is 66.2 Å². The van der Waals surface area contributed by atoms with Gasteiger partial charge in [-0.1, -0.05) is 55.5 Å². The number of para-hydroxylation sites is 1. The van der Waals surface area contributed by atoms with E-state index < -0.39 is 6.10 Å². The number of amides is 1. The van der Waals surface area contributed by atoms with Gasteiger partial charge in [-0.3, -0.25) is 4.79 Å². The lowest BCUT2D eigenvalue weighted by atomic mass is 9.86. The van der Waals surface area contributed by atoms with Gasteiger partial charge in [-0.25, -0.2) is 0 Å². The number of aliphatic hydroxyl groups excluding tert-OH is 1. The Kier molecular flexibility index (Phi) is 6.30. The molecule has 1 atom stereocenters. The number of carbonyl (C=O) groups is 1. The minimum atomic E-state index is -0.474. The number of hydrogen-bond donors (Lipinski definition) is 1. The molecule has 4 heteroatoms. The SMILES string of the molecule is CCC(=O)N(c1ccccc1)C1(C)CCN(CC(O)c2ccccc2)CC1. The number of anilines is 1. The summed E-state index contributed by atoms with van der Waals surface area (Å²) in [5, 5.41) is 10.5. The molecule has 1 heterocycles. The minimum Gasteiger partial charge on any atom is -0.387 e. The van der Waals surface area contributed by atoms with Crippen LogP contribution in [-0.4, -0.2) is 41.1 Å². The standard InChI is InChI=1S/C23H30N2O2/c1-3-22(27)25(20-12-8-5-9-13-20)23(2)14-16-24(17-15-23)18-21(26)19-10-6-4-7-11-19/h4-13,21,26H,3,14-18H2,1-2H3. The first-order valence-electron chi connectivity index (χ1n) is 9.87. The van der Waals surface area contributed by atoms with Crippen molar-refractivity contribution in [2.75, 3.05) is 24.5 Å². The third kappa shape index (κ3) is 4.57. The van der Waals surface area contributed by atoms with E-state index in [-0.39, 0.29) is 11.4 Å². The fourth-order valence-electron chi connectivity index (χ4n) is 3.96. The minimum absolute atomic E-state index is 0.168. The molecule has 0 aromatic heterocycles. The van der Waals surface area contributed by atoms with Gasteiger partial charge >= 0.3 is 0 Å². The van der Waals surface area contributed by atoms with Crippen LogP contribution >= 0.6 is 0 Å². The van der Waals surface area contributed by atoms with Crippen LogP contribution in [0, 0.1) is 0 Å². The molecule has 2 aromatic carbocycles. The van der Waals surface area contributed by atoms with Gasteiger partial charge < -0.3 is 14.9 Å². The molecular weight excluding hydrogens is 336 g/mol. The zero-order valence-electron chi connectivity index (χ0n) is 16.3. The maximum Gasteiger partial charge on any atom is 0.227 e. The van der Waals surface area contributed by atoms with Crippen molar-refractivity contribution >= 4 is 11.6 Å². The molecule has 27 heavy (non-hydrogen) atoms. The molecule has 2 aromatic rings. The molecule has 1 fully saturated rings. The van der Waals surface area contributed by atoms with E-state index in [2.05, 4.69) is 11.8 Å². The highest BCUT2D eigenvalue weighted by atomic mass is 16.3. The van der Waals surface area contributed by atoms with Crippen molar-refractivity contribution in [1.82, 2.24) is 4.90 Å². The largest absolute Gasteiger partial charge is 0.387 e. The first-order chi connectivity index (χ1) is 13.0. The average molecular weight is 367 g/mol. The molecule has 1 aliphatic heterocycles. The van der Waals surface area contributed by atoms with E-state index in [0.29, 0.717) is 13.0 Å². The van der Waals surface area contributed by atoms with Crippen LogP contribution in [0.25, 0.3) is 0 Å². The summed E-state index contributed by atoms with van der Waals surface area (Å²) in [6.07, 6.45) is 1.82. The second kappa shape index (κ2) is 8.68. The topological polar surface area (TPSA) is 43.8 Å². The van der Waals surface area contributed by atoms with E-state index in [1.54, 1.807) is 0 Å². The summed E-state index contributed by atoms with van der Waals surface area (Å²) in [6.45, 7) is 6.50. The average Bonchev–Trinajstić information content (AvgIpc) is 2.71. The normalized spacial score (nSPS) is 18.0. The van der Waals surface area contributed by atoms with E-state index in [1.807, 2.05) is 72.5 Å². The van der Waals surface area contributed by atoms with E-state index in [0.717, 1.165) is 37.2 Å². The van der Waals surface area contributed by atoms with Gasteiger partial charge in [-0.15, -0.1) is 0 Å². The lowest BCUT2D eigenvalue weighted by Crippen LogP contribution is -2.56. The predicted molar refractivity (Wildman–Crippen MR) is 110 cm³/mol. The van der Waals surface area contributed by atoms with Gasteiger partial charge in [-0.05, 0) is 37.5 Å². The zero-order valence-corrected chi connectivity index (χ0v) is 16.3. The molecule has 0 aliphatic carbocycles. The van der Waals surface area contributed by atoms with Gasteiger partial charge in [0.25, 0.3) is 0 Å². The molecule has 0 saturated carbocycles. The number of aliphatic hydroxyl groups is 1. The Hall–Kier alpha value is -2.17. The van der Waals surface area contributed by atoms with Gasteiger partial charge in [0.15, 0.2) is 0 Å².